The molecular weight excluding hydrogens is 206 g/mol. The summed E-state index contributed by atoms with van der Waals surface area (Å²) >= 11 is 1.82. The highest BCUT2D eigenvalue weighted by Crippen LogP contribution is 2.25. The third-order valence-electron chi connectivity index (χ3n) is 2.38. The molecule has 1 heterocycles. The van der Waals surface area contributed by atoms with Gasteiger partial charge in [-0.1, -0.05) is 18.2 Å². The molecule has 0 aliphatic heterocycles. The molecule has 0 amide bonds. The minimum absolute atomic E-state index is 0.627. The van der Waals surface area contributed by atoms with E-state index in [4.69, 9.17) is 4.74 Å². The molecule has 0 radical (unpaired) electrons. The van der Waals surface area contributed by atoms with Gasteiger partial charge in [-0.05, 0) is 28.8 Å². The van der Waals surface area contributed by atoms with Crippen LogP contribution < -0.4 is 5.32 Å². The molecule has 0 saturated carbocycles. The first kappa shape index (κ1) is 10.6. The summed E-state index contributed by atoms with van der Waals surface area (Å²) in [6, 6.07) is 8.55. The second kappa shape index (κ2) is 5.26. The smallest absolute Gasteiger partial charge is 0.0961 e. The fourth-order valence-electron chi connectivity index (χ4n) is 1.62. The summed E-state index contributed by atoms with van der Waals surface area (Å²) in [6.45, 7) is 1.59. The summed E-state index contributed by atoms with van der Waals surface area (Å²) in [5.74, 6) is 0. The Morgan fingerprint density at radius 2 is 2.20 bits per heavy atom. The van der Waals surface area contributed by atoms with Gasteiger partial charge in [0.15, 0.2) is 0 Å². The molecule has 3 heteroatoms. The molecule has 2 aromatic rings. The number of methoxy groups -OCH3 is 1. The number of hydrogen-bond donors (Lipinski definition) is 1. The van der Waals surface area contributed by atoms with Crippen molar-refractivity contribution in [2.75, 3.05) is 20.4 Å². The fraction of sp³-hybridized carbons (Fsp3) is 0.333. The van der Waals surface area contributed by atoms with Crippen molar-refractivity contribution in [1.29, 1.82) is 0 Å². The molecule has 0 saturated heterocycles. The van der Waals surface area contributed by atoms with Gasteiger partial charge in [-0.3, -0.25) is 5.32 Å². The van der Waals surface area contributed by atoms with Crippen LogP contribution in [0.3, 0.4) is 0 Å². The largest absolute Gasteiger partial charge is 0.370 e. The third kappa shape index (κ3) is 2.56. The van der Waals surface area contributed by atoms with Crippen LogP contribution in [0.5, 0.6) is 0 Å². The molecule has 15 heavy (non-hydrogen) atoms. The Hall–Kier alpha value is -0.900. The van der Waals surface area contributed by atoms with Crippen molar-refractivity contribution in [3.8, 4) is 0 Å². The molecule has 0 bridgehead atoms. The SMILES string of the molecule is COCNCCc1csc2ccccc12. The molecule has 0 aliphatic carbocycles. The number of nitrogens with one attached hydrogen (secondary N) is 1. The van der Waals surface area contributed by atoms with Gasteiger partial charge < -0.3 is 4.74 Å². The van der Waals surface area contributed by atoms with Gasteiger partial charge in [0.2, 0.25) is 0 Å². The molecule has 1 aromatic heterocycles. The topological polar surface area (TPSA) is 21.3 Å². The van der Waals surface area contributed by atoms with Crippen molar-refractivity contribution in [2.24, 2.45) is 0 Å². The number of hydrogen-bond acceptors (Lipinski definition) is 3. The first-order chi connectivity index (χ1) is 7.42. The summed E-state index contributed by atoms with van der Waals surface area (Å²) in [5, 5.41) is 6.86. The molecule has 0 aliphatic rings. The summed E-state index contributed by atoms with van der Waals surface area (Å²) in [7, 11) is 1.70. The Bertz CT molecular complexity index is 424. The monoisotopic (exact) mass is 221 g/mol. The van der Waals surface area contributed by atoms with Gasteiger partial charge >= 0.3 is 0 Å². The number of thiophene rings is 1. The molecule has 0 fully saturated rings. The van der Waals surface area contributed by atoms with E-state index in [1.807, 2.05) is 11.3 Å². The fourth-order valence-corrected chi connectivity index (χ4v) is 2.62. The van der Waals surface area contributed by atoms with E-state index in [0.29, 0.717) is 6.73 Å². The number of rotatable bonds is 5. The van der Waals surface area contributed by atoms with Gasteiger partial charge in [0, 0.05) is 18.4 Å². The molecule has 0 atom stereocenters. The lowest BCUT2D eigenvalue weighted by molar-refractivity contribution is 0.176. The Morgan fingerprint density at radius 3 is 3.07 bits per heavy atom. The van der Waals surface area contributed by atoms with E-state index in [1.165, 1.54) is 15.6 Å². The first-order valence-corrected chi connectivity index (χ1v) is 5.94. The van der Waals surface area contributed by atoms with Gasteiger partial charge in [-0.2, -0.15) is 0 Å². The van der Waals surface area contributed by atoms with Gasteiger partial charge in [0.1, 0.15) is 0 Å². The summed E-state index contributed by atoms with van der Waals surface area (Å²) in [5.41, 5.74) is 1.43. The minimum Gasteiger partial charge on any atom is -0.370 e. The first-order valence-electron chi connectivity index (χ1n) is 5.06. The van der Waals surface area contributed by atoms with E-state index in [0.717, 1.165) is 13.0 Å². The lowest BCUT2D eigenvalue weighted by atomic mass is 10.1. The zero-order valence-corrected chi connectivity index (χ0v) is 9.64. The normalized spacial score (nSPS) is 11.0. The van der Waals surface area contributed by atoms with Crippen molar-refractivity contribution in [3.63, 3.8) is 0 Å². The number of fused-ring (bicyclic) bond motifs is 1. The highest BCUT2D eigenvalue weighted by molar-refractivity contribution is 7.17. The average Bonchev–Trinajstić information content (AvgIpc) is 2.68. The van der Waals surface area contributed by atoms with Gasteiger partial charge in [-0.15, -0.1) is 11.3 Å². The van der Waals surface area contributed by atoms with Crippen molar-refractivity contribution < 1.29 is 4.74 Å². The third-order valence-corrected chi connectivity index (χ3v) is 3.39. The second-order valence-electron chi connectivity index (χ2n) is 3.44. The lowest BCUT2D eigenvalue weighted by Crippen LogP contribution is -2.19. The minimum atomic E-state index is 0.627. The molecule has 2 nitrogen and oxygen atoms in total. The van der Waals surface area contributed by atoms with Gasteiger partial charge in [0.25, 0.3) is 0 Å². The molecule has 2 rings (SSSR count). The maximum Gasteiger partial charge on any atom is 0.0961 e. The van der Waals surface area contributed by atoms with Crippen LogP contribution in [-0.4, -0.2) is 20.4 Å². The van der Waals surface area contributed by atoms with Crippen LogP contribution in [0.25, 0.3) is 10.1 Å². The zero-order chi connectivity index (χ0) is 10.5. The predicted molar refractivity (Wildman–Crippen MR) is 65.4 cm³/mol. The van der Waals surface area contributed by atoms with E-state index in [9.17, 15) is 0 Å². The number of ether oxygens (including phenoxy) is 1. The Balaban J connectivity index is 2.02. The average molecular weight is 221 g/mol. The van der Waals surface area contributed by atoms with E-state index in [1.54, 1.807) is 7.11 Å². The number of benzene rings is 1. The van der Waals surface area contributed by atoms with E-state index in [2.05, 4.69) is 35.0 Å². The summed E-state index contributed by atoms with van der Waals surface area (Å²) < 4.78 is 6.31. The lowest BCUT2D eigenvalue weighted by Gasteiger charge is -2.02. The molecule has 0 spiro atoms. The van der Waals surface area contributed by atoms with Crippen molar-refractivity contribution in [2.45, 2.75) is 6.42 Å². The highest BCUT2D eigenvalue weighted by atomic mass is 32.1. The van der Waals surface area contributed by atoms with Crippen molar-refractivity contribution in [3.05, 3.63) is 35.2 Å². The van der Waals surface area contributed by atoms with Crippen LogP contribution in [0.1, 0.15) is 5.56 Å². The summed E-state index contributed by atoms with van der Waals surface area (Å²) in [6.07, 6.45) is 1.06. The molecule has 0 unspecified atom stereocenters. The standard InChI is InChI=1S/C12H15NOS/c1-14-9-13-7-6-10-8-15-12-5-3-2-4-11(10)12/h2-5,8,13H,6-7,9H2,1H3. The maximum absolute atomic E-state index is 4.94. The highest BCUT2D eigenvalue weighted by Gasteiger charge is 2.01. The van der Waals surface area contributed by atoms with Crippen LogP contribution in [0.2, 0.25) is 0 Å². The predicted octanol–water partition coefficient (Wildman–Crippen LogP) is 2.64. The molecule has 1 aromatic carbocycles. The van der Waals surface area contributed by atoms with E-state index in [-0.39, 0.29) is 0 Å². The van der Waals surface area contributed by atoms with E-state index < -0.39 is 0 Å². The Labute approximate surface area is 93.9 Å². The van der Waals surface area contributed by atoms with Crippen LogP contribution in [0, 0.1) is 0 Å². The van der Waals surface area contributed by atoms with Crippen LogP contribution in [0.15, 0.2) is 29.6 Å². The molecule has 1 N–H and O–H groups in total. The Kier molecular flexibility index (Phi) is 3.72. The van der Waals surface area contributed by atoms with Crippen molar-refractivity contribution in [1.82, 2.24) is 5.32 Å². The van der Waals surface area contributed by atoms with Crippen LogP contribution >= 0.6 is 11.3 Å². The molecular formula is C12H15NOS. The molecule has 80 valence electrons. The van der Waals surface area contributed by atoms with E-state index >= 15 is 0 Å². The second-order valence-corrected chi connectivity index (χ2v) is 4.35. The maximum atomic E-state index is 4.94. The van der Waals surface area contributed by atoms with Crippen LogP contribution in [-0.2, 0) is 11.2 Å². The quantitative estimate of drug-likeness (QED) is 0.619. The van der Waals surface area contributed by atoms with Crippen molar-refractivity contribution >= 4 is 21.4 Å². The van der Waals surface area contributed by atoms with Crippen LogP contribution in [0.4, 0.5) is 0 Å². The Morgan fingerprint density at radius 1 is 1.33 bits per heavy atom. The van der Waals surface area contributed by atoms with Gasteiger partial charge in [-0.25, -0.2) is 0 Å². The summed E-state index contributed by atoms with van der Waals surface area (Å²) in [4.78, 5) is 0. The van der Waals surface area contributed by atoms with Gasteiger partial charge in [0.05, 0.1) is 6.73 Å². The zero-order valence-electron chi connectivity index (χ0n) is 8.82.